The number of hydrogen-bond donors (Lipinski definition) is 1. The molecule has 2 aromatic carbocycles. The topological polar surface area (TPSA) is 83.9 Å². The lowest BCUT2D eigenvalue weighted by Crippen LogP contribution is -2.34. The van der Waals surface area contributed by atoms with Gasteiger partial charge in [-0.2, -0.15) is 30.6 Å². The number of hydrogen-bond acceptors (Lipinski definition) is 4. The SMILES string of the molecule is CN(C1CCCc2c(OCC(=O)O)cccc21)S(=O)(=O)c1cc(C(F)(F)F)cc(C(F)(F)F)c1. The standard InChI is InChI=1S/C21H19F6NO5S/c1-28(17-6-2-5-16-15(17)4-3-7-18(16)33-11-19(29)30)34(31,32)14-9-12(20(22,23)24)8-13(10-14)21(25,26)27/h3-4,7-10,17H,2,5-6,11H2,1H3,(H,29,30). The molecule has 0 radical (unpaired) electrons. The number of fused-ring (bicyclic) bond motifs is 1. The van der Waals surface area contributed by atoms with Crippen LogP contribution in [0.1, 0.15) is 41.1 Å². The first kappa shape index (κ1) is 25.8. The summed E-state index contributed by atoms with van der Waals surface area (Å²) in [5.74, 6) is -1.01. The number of carboxylic acids is 1. The minimum absolute atomic E-state index is 0.138. The molecule has 186 valence electrons. The van der Waals surface area contributed by atoms with Crippen LogP contribution in [-0.2, 0) is 33.6 Å². The Bertz CT molecular complexity index is 1160. The molecule has 1 unspecified atom stereocenters. The zero-order valence-corrected chi connectivity index (χ0v) is 18.4. The van der Waals surface area contributed by atoms with Crippen LogP contribution in [0.3, 0.4) is 0 Å². The quantitative estimate of drug-likeness (QED) is 0.559. The zero-order valence-electron chi connectivity index (χ0n) is 17.6. The van der Waals surface area contributed by atoms with Crippen LogP contribution < -0.4 is 4.74 Å². The van der Waals surface area contributed by atoms with E-state index in [9.17, 15) is 39.6 Å². The second-order valence-corrected chi connectivity index (χ2v) is 9.67. The Balaban J connectivity index is 2.06. The Morgan fingerprint density at radius 3 is 2.21 bits per heavy atom. The van der Waals surface area contributed by atoms with Crippen LogP contribution >= 0.6 is 0 Å². The number of halogens is 6. The summed E-state index contributed by atoms with van der Waals surface area (Å²) in [5, 5.41) is 8.84. The van der Waals surface area contributed by atoms with E-state index in [4.69, 9.17) is 9.84 Å². The fourth-order valence-electron chi connectivity index (χ4n) is 3.85. The van der Waals surface area contributed by atoms with Crippen molar-refractivity contribution in [1.29, 1.82) is 0 Å². The maximum atomic E-state index is 13.2. The first-order valence-electron chi connectivity index (χ1n) is 9.86. The summed E-state index contributed by atoms with van der Waals surface area (Å²) in [6.45, 7) is -0.639. The van der Waals surface area contributed by atoms with Gasteiger partial charge < -0.3 is 9.84 Å². The van der Waals surface area contributed by atoms with E-state index in [1.54, 1.807) is 6.07 Å². The lowest BCUT2D eigenvalue weighted by atomic mass is 9.87. The van der Waals surface area contributed by atoms with Crippen LogP contribution in [0.5, 0.6) is 5.75 Å². The van der Waals surface area contributed by atoms with E-state index >= 15 is 0 Å². The van der Waals surface area contributed by atoms with Crippen LogP contribution in [-0.4, -0.2) is 37.5 Å². The molecule has 1 aliphatic carbocycles. The highest BCUT2D eigenvalue weighted by Crippen LogP contribution is 2.42. The third-order valence-corrected chi connectivity index (χ3v) is 7.31. The largest absolute Gasteiger partial charge is 0.482 e. The maximum absolute atomic E-state index is 13.2. The number of aliphatic carboxylic acids is 1. The molecule has 3 rings (SSSR count). The van der Waals surface area contributed by atoms with Gasteiger partial charge in [0, 0.05) is 7.05 Å². The molecule has 0 heterocycles. The van der Waals surface area contributed by atoms with Gasteiger partial charge in [-0.05, 0) is 54.7 Å². The molecule has 0 aliphatic heterocycles. The van der Waals surface area contributed by atoms with Gasteiger partial charge in [-0.25, -0.2) is 13.2 Å². The average Bonchev–Trinajstić information content (AvgIpc) is 2.75. The molecule has 0 aromatic heterocycles. The number of alkyl halides is 6. The lowest BCUT2D eigenvalue weighted by Gasteiger charge is -2.33. The normalized spacial score (nSPS) is 16.9. The smallest absolute Gasteiger partial charge is 0.416 e. The van der Waals surface area contributed by atoms with Crippen molar-refractivity contribution in [3.05, 3.63) is 58.7 Å². The third kappa shape index (κ3) is 5.30. The van der Waals surface area contributed by atoms with Gasteiger partial charge in [0.2, 0.25) is 10.0 Å². The van der Waals surface area contributed by atoms with Gasteiger partial charge >= 0.3 is 18.3 Å². The van der Waals surface area contributed by atoms with E-state index in [1.165, 1.54) is 12.1 Å². The van der Waals surface area contributed by atoms with Crippen LogP contribution in [0.2, 0.25) is 0 Å². The molecule has 0 amide bonds. The second kappa shape index (κ2) is 9.10. The van der Waals surface area contributed by atoms with Gasteiger partial charge in [0.25, 0.3) is 0 Å². The number of rotatable bonds is 6. The number of ether oxygens (including phenoxy) is 1. The molecule has 13 heteroatoms. The summed E-state index contributed by atoms with van der Waals surface area (Å²) in [7, 11) is -3.71. The summed E-state index contributed by atoms with van der Waals surface area (Å²) in [5.41, 5.74) is -2.50. The predicted octanol–water partition coefficient (Wildman–Crippen LogP) is 4.89. The van der Waals surface area contributed by atoms with Gasteiger partial charge in [0.1, 0.15) is 5.75 Å². The van der Waals surface area contributed by atoms with E-state index in [1.807, 2.05) is 0 Å². The van der Waals surface area contributed by atoms with Crippen molar-refractivity contribution in [3.63, 3.8) is 0 Å². The molecule has 0 bridgehead atoms. The highest BCUT2D eigenvalue weighted by Gasteiger charge is 2.40. The summed E-state index contributed by atoms with van der Waals surface area (Å²) in [6, 6.07) is 3.87. The summed E-state index contributed by atoms with van der Waals surface area (Å²) >= 11 is 0. The van der Waals surface area contributed by atoms with Crippen molar-refractivity contribution in [3.8, 4) is 5.75 Å². The fraction of sp³-hybridized carbons (Fsp3) is 0.381. The van der Waals surface area contributed by atoms with E-state index in [-0.39, 0.29) is 30.4 Å². The van der Waals surface area contributed by atoms with Crippen molar-refractivity contribution in [2.24, 2.45) is 0 Å². The van der Waals surface area contributed by atoms with Crippen molar-refractivity contribution >= 4 is 16.0 Å². The van der Waals surface area contributed by atoms with Gasteiger partial charge in [0.15, 0.2) is 6.61 Å². The molecular weight excluding hydrogens is 492 g/mol. The van der Waals surface area contributed by atoms with E-state index in [2.05, 4.69) is 0 Å². The minimum Gasteiger partial charge on any atom is -0.482 e. The van der Waals surface area contributed by atoms with Crippen molar-refractivity contribution in [2.75, 3.05) is 13.7 Å². The van der Waals surface area contributed by atoms with Gasteiger partial charge in [-0.1, -0.05) is 12.1 Å². The summed E-state index contributed by atoms with van der Waals surface area (Å²) in [6.07, 6.45) is -9.29. The number of nitrogens with zero attached hydrogens (tertiary/aromatic N) is 1. The average molecular weight is 511 g/mol. The monoisotopic (exact) mass is 511 g/mol. The van der Waals surface area contributed by atoms with Gasteiger partial charge in [-0.15, -0.1) is 0 Å². The Morgan fingerprint density at radius 1 is 1.09 bits per heavy atom. The van der Waals surface area contributed by atoms with Crippen LogP contribution in [0.4, 0.5) is 26.3 Å². The summed E-state index contributed by atoms with van der Waals surface area (Å²) < 4.78 is 112. The molecule has 6 nitrogen and oxygen atoms in total. The number of carbonyl (C=O) groups is 1. The van der Waals surface area contributed by atoms with Gasteiger partial charge in [0.05, 0.1) is 22.1 Å². The van der Waals surface area contributed by atoms with Crippen molar-refractivity contribution in [1.82, 2.24) is 4.31 Å². The van der Waals surface area contributed by atoms with Crippen LogP contribution in [0, 0.1) is 0 Å². The minimum atomic E-state index is -5.20. The third-order valence-electron chi connectivity index (χ3n) is 5.46. The van der Waals surface area contributed by atoms with E-state index in [0.29, 0.717) is 24.0 Å². The van der Waals surface area contributed by atoms with Crippen LogP contribution in [0.15, 0.2) is 41.3 Å². The van der Waals surface area contributed by atoms with E-state index in [0.717, 1.165) is 11.4 Å². The Morgan fingerprint density at radius 2 is 1.68 bits per heavy atom. The molecule has 1 atom stereocenters. The Hall–Kier alpha value is -2.80. The number of sulfonamides is 1. The number of carboxylic acid groups (broad SMARTS) is 1. The fourth-order valence-corrected chi connectivity index (χ4v) is 5.29. The highest BCUT2D eigenvalue weighted by atomic mass is 32.2. The van der Waals surface area contributed by atoms with Crippen molar-refractivity contribution < 1.29 is 49.4 Å². The van der Waals surface area contributed by atoms with Crippen LogP contribution in [0.25, 0.3) is 0 Å². The molecule has 1 aliphatic rings. The first-order chi connectivity index (χ1) is 15.6. The lowest BCUT2D eigenvalue weighted by molar-refractivity contribution is -0.143. The maximum Gasteiger partial charge on any atom is 0.416 e. The molecule has 0 fully saturated rings. The van der Waals surface area contributed by atoms with Gasteiger partial charge in [-0.3, -0.25) is 0 Å². The highest BCUT2D eigenvalue weighted by molar-refractivity contribution is 7.89. The zero-order chi connectivity index (χ0) is 25.5. The molecule has 34 heavy (non-hydrogen) atoms. The predicted molar refractivity (Wildman–Crippen MR) is 107 cm³/mol. The molecular formula is C21H19F6NO5S. The van der Waals surface area contributed by atoms with E-state index < -0.39 is 57.0 Å². The molecule has 0 saturated heterocycles. The Kier molecular flexibility index (Phi) is 6.91. The molecule has 2 aromatic rings. The second-order valence-electron chi connectivity index (χ2n) is 7.68. The Labute approximate surface area is 190 Å². The van der Waals surface area contributed by atoms with Crippen molar-refractivity contribution in [2.45, 2.75) is 42.6 Å². The number of benzene rings is 2. The molecule has 1 N–H and O–H groups in total. The first-order valence-corrected chi connectivity index (χ1v) is 11.3. The molecule has 0 saturated carbocycles. The summed E-state index contributed by atoms with van der Waals surface area (Å²) in [4.78, 5) is 9.69. The molecule has 0 spiro atoms.